The average Bonchev–Trinajstić information content (AvgIpc) is 1.68. The van der Waals surface area contributed by atoms with E-state index in [1.54, 1.807) is 0 Å². The van der Waals surface area contributed by atoms with Crippen LogP contribution in [0, 0.1) is 0 Å². The van der Waals surface area contributed by atoms with Crippen molar-refractivity contribution in [1.82, 2.24) is 0 Å². The van der Waals surface area contributed by atoms with Crippen molar-refractivity contribution < 1.29 is 3.44 Å². The van der Waals surface area contributed by atoms with E-state index in [2.05, 4.69) is 13.8 Å². The van der Waals surface area contributed by atoms with Gasteiger partial charge in [-0.25, -0.2) is 0 Å². The molecule has 50 valence electrons. The molecule has 0 unspecified atom stereocenters. The Kier molecular flexibility index (Phi) is 6.45. The van der Waals surface area contributed by atoms with E-state index in [1.165, 1.54) is 21.7 Å². The monoisotopic (exact) mass is 224 g/mol. The molecule has 0 aliphatic carbocycles. The molecular weight excluding hydrogens is 207 g/mol. The van der Waals surface area contributed by atoms with Crippen molar-refractivity contribution >= 4 is 20.2 Å². The third kappa shape index (κ3) is 4.91. The molecule has 8 heavy (non-hydrogen) atoms. The molecule has 1 nitrogen and oxygen atoms in total. The normalized spacial score (nSPS) is 10.5. The van der Waals surface area contributed by atoms with Crippen LogP contribution in [0.1, 0.15) is 26.7 Å². The van der Waals surface area contributed by atoms with Gasteiger partial charge in [-0.15, -0.1) is 0 Å². The van der Waals surface area contributed by atoms with Crippen LogP contribution in [0.25, 0.3) is 0 Å². The van der Waals surface area contributed by atoms with Crippen molar-refractivity contribution in [3.05, 3.63) is 0 Å². The van der Waals surface area contributed by atoms with Crippen LogP contribution in [0.3, 0.4) is 0 Å². The second-order valence-electron chi connectivity index (χ2n) is 2.23. The Balaban J connectivity index is 2.92. The molecule has 0 spiro atoms. The first-order valence-corrected chi connectivity index (χ1v) is 9.62. The van der Waals surface area contributed by atoms with Gasteiger partial charge in [0.15, 0.2) is 0 Å². The zero-order valence-corrected chi connectivity index (χ0v) is 9.15. The van der Waals surface area contributed by atoms with E-state index in [-0.39, 0.29) is 0 Å². The van der Waals surface area contributed by atoms with Crippen LogP contribution in [0.5, 0.6) is 0 Å². The minimum absolute atomic E-state index is 1.18. The predicted molar refractivity (Wildman–Crippen MR) is 39.6 cm³/mol. The van der Waals surface area contributed by atoms with Gasteiger partial charge in [-0.05, 0) is 0 Å². The maximum atomic E-state index is 9.26. The van der Waals surface area contributed by atoms with Crippen LogP contribution in [0.15, 0.2) is 0 Å². The minimum atomic E-state index is -1.80. The topological polar surface area (TPSA) is 20.2 Å². The van der Waals surface area contributed by atoms with E-state index in [4.69, 9.17) is 0 Å². The van der Waals surface area contributed by atoms with E-state index in [0.717, 1.165) is 0 Å². The molecule has 2 heteroatoms. The van der Waals surface area contributed by atoms with E-state index in [0.29, 0.717) is 0 Å². The fourth-order valence-corrected chi connectivity index (χ4v) is 5.44. The summed E-state index contributed by atoms with van der Waals surface area (Å²) in [6.45, 7) is 4.30. The molecule has 0 saturated carbocycles. The molecular formula is C6H16OSn. The molecule has 0 amide bonds. The maximum absolute atomic E-state index is 9.26. The summed E-state index contributed by atoms with van der Waals surface area (Å²) in [6, 6.07) is 0. The van der Waals surface area contributed by atoms with Gasteiger partial charge in [0.1, 0.15) is 0 Å². The molecule has 0 heterocycles. The molecule has 0 aromatic heterocycles. The van der Waals surface area contributed by atoms with Crippen molar-refractivity contribution in [2.45, 2.75) is 35.6 Å². The van der Waals surface area contributed by atoms with Crippen molar-refractivity contribution in [1.29, 1.82) is 0 Å². The van der Waals surface area contributed by atoms with Crippen molar-refractivity contribution in [2.75, 3.05) is 0 Å². The van der Waals surface area contributed by atoms with E-state index >= 15 is 0 Å². The Labute approximate surface area is 59.4 Å². The summed E-state index contributed by atoms with van der Waals surface area (Å²) in [5.74, 6) is 0. The molecule has 0 rings (SSSR count). The summed E-state index contributed by atoms with van der Waals surface area (Å²) in [5, 5.41) is 0. The fraction of sp³-hybridized carbons (Fsp3) is 1.00. The molecule has 0 aliphatic heterocycles. The molecule has 0 aromatic carbocycles. The zero-order valence-electron chi connectivity index (χ0n) is 5.85. The first kappa shape index (κ1) is 8.76. The summed E-state index contributed by atoms with van der Waals surface area (Å²) in [4.78, 5) is 0. The molecule has 1 N–H and O–H groups in total. The molecule has 0 aromatic rings. The first-order valence-electron chi connectivity index (χ1n) is 3.49. The second-order valence-corrected chi connectivity index (χ2v) is 9.26. The summed E-state index contributed by atoms with van der Waals surface area (Å²) in [5.41, 5.74) is 0. The van der Waals surface area contributed by atoms with Gasteiger partial charge >= 0.3 is 59.2 Å². The summed E-state index contributed by atoms with van der Waals surface area (Å²) >= 11 is -1.80. The van der Waals surface area contributed by atoms with Gasteiger partial charge in [-0.2, -0.15) is 0 Å². The summed E-state index contributed by atoms with van der Waals surface area (Å²) in [7, 11) is 0. The van der Waals surface area contributed by atoms with Gasteiger partial charge in [0.25, 0.3) is 0 Å². The second kappa shape index (κ2) is 5.89. The molecule has 0 saturated heterocycles. The van der Waals surface area contributed by atoms with Gasteiger partial charge in [-0.1, -0.05) is 0 Å². The Morgan fingerprint density at radius 1 is 1.12 bits per heavy atom. The van der Waals surface area contributed by atoms with Crippen molar-refractivity contribution in [3.8, 4) is 0 Å². The molecule has 0 atom stereocenters. The van der Waals surface area contributed by atoms with E-state index in [1.807, 2.05) is 0 Å². The fourth-order valence-electron chi connectivity index (χ4n) is 0.811. The SMILES string of the molecule is CC[CH2][SnH]([OH])[CH2]CC. The van der Waals surface area contributed by atoms with Crippen LogP contribution in [0.2, 0.25) is 8.87 Å². The third-order valence-electron chi connectivity index (χ3n) is 1.24. The van der Waals surface area contributed by atoms with Gasteiger partial charge in [0.05, 0.1) is 0 Å². The summed E-state index contributed by atoms with van der Waals surface area (Å²) in [6.07, 6.45) is 2.38. The van der Waals surface area contributed by atoms with Gasteiger partial charge in [0.2, 0.25) is 0 Å². The zero-order chi connectivity index (χ0) is 6.41. The van der Waals surface area contributed by atoms with Crippen molar-refractivity contribution in [2.24, 2.45) is 0 Å². The summed E-state index contributed by atoms with van der Waals surface area (Å²) < 4.78 is 11.6. The van der Waals surface area contributed by atoms with Crippen LogP contribution in [-0.2, 0) is 0 Å². The van der Waals surface area contributed by atoms with Gasteiger partial charge in [-0.3, -0.25) is 0 Å². The molecule has 0 aliphatic rings. The number of hydrogen-bond donors (Lipinski definition) is 1. The Bertz CT molecular complexity index is 41.8. The van der Waals surface area contributed by atoms with Crippen LogP contribution in [0.4, 0.5) is 0 Å². The van der Waals surface area contributed by atoms with Crippen molar-refractivity contribution in [3.63, 3.8) is 0 Å². The number of rotatable bonds is 4. The van der Waals surface area contributed by atoms with Gasteiger partial charge < -0.3 is 0 Å². The Morgan fingerprint density at radius 3 is 1.75 bits per heavy atom. The molecule has 0 radical (unpaired) electrons. The number of hydrogen-bond acceptors (Lipinski definition) is 1. The third-order valence-corrected chi connectivity index (χ3v) is 8.34. The van der Waals surface area contributed by atoms with Gasteiger partial charge in [0, 0.05) is 0 Å². The Morgan fingerprint density at radius 2 is 1.50 bits per heavy atom. The van der Waals surface area contributed by atoms with Crippen LogP contribution >= 0.6 is 0 Å². The van der Waals surface area contributed by atoms with E-state index in [9.17, 15) is 3.44 Å². The quantitative estimate of drug-likeness (QED) is 0.716. The average molecular weight is 223 g/mol. The van der Waals surface area contributed by atoms with Crippen LogP contribution < -0.4 is 0 Å². The molecule has 0 bridgehead atoms. The molecule has 0 fully saturated rings. The van der Waals surface area contributed by atoms with E-state index < -0.39 is 20.2 Å². The standard InChI is InChI=1S/2C3H7.H2O.Sn.H/c2*1-3-2;;;/h2*1,3H2,2H3;1H2;;/q;;;+1;/p-1. The predicted octanol–water partition coefficient (Wildman–Crippen LogP) is 1.52. The first-order chi connectivity index (χ1) is 3.81. The Hall–Kier alpha value is 0.759. The van der Waals surface area contributed by atoms with Crippen LogP contribution in [-0.4, -0.2) is 23.6 Å².